The lowest BCUT2D eigenvalue weighted by molar-refractivity contribution is 0.131. The average molecular weight is 242 g/mol. The fourth-order valence-corrected chi connectivity index (χ4v) is 2.12. The van der Waals surface area contributed by atoms with Crippen molar-refractivity contribution in [3.8, 4) is 5.75 Å². The summed E-state index contributed by atoms with van der Waals surface area (Å²) in [5.74, 6) is 0.986. The molecule has 1 aromatic rings. The lowest BCUT2D eigenvalue weighted by Gasteiger charge is -2.29. The second-order valence-corrected chi connectivity index (χ2v) is 4.37. The summed E-state index contributed by atoms with van der Waals surface area (Å²) in [6, 6.07) is 8.35. The van der Waals surface area contributed by atoms with Crippen LogP contribution < -0.4 is 10.5 Å². The van der Waals surface area contributed by atoms with Crippen LogP contribution >= 0.6 is 12.4 Å². The van der Waals surface area contributed by atoms with Crippen LogP contribution in [0, 0.1) is 6.92 Å². The summed E-state index contributed by atoms with van der Waals surface area (Å²) < 4.78 is 5.97. The van der Waals surface area contributed by atoms with E-state index in [1.54, 1.807) is 0 Å². The van der Waals surface area contributed by atoms with Gasteiger partial charge >= 0.3 is 0 Å². The zero-order valence-electron chi connectivity index (χ0n) is 9.69. The van der Waals surface area contributed by atoms with E-state index in [4.69, 9.17) is 10.5 Å². The van der Waals surface area contributed by atoms with Crippen LogP contribution in [0.1, 0.15) is 31.2 Å². The molecule has 2 N–H and O–H groups in total. The Bertz CT molecular complexity index is 329. The highest BCUT2D eigenvalue weighted by Crippen LogP contribution is 2.24. The second kappa shape index (κ2) is 6.12. The lowest BCUT2D eigenvalue weighted by atomic mass is 9.93. The Balaban J connectivity index is 0.00000128. The van der Waals surface area contributed by atoms with Gasteiger partial charge in [-0.15, -0.1) is 12.4 Å². The molecule has 2 unspecified atom stereocenters. The van der Waals surface area contributed by atoms with Crippen molar-refractivity contribution in [1.29, 1.82) is 0 Å². The predicted octanol–water partition coefficient (Wildman–Crippen LogP) is 3.07. The Morgan fingerprint density at radius 3 is 2.56 bits per heavy atom. The van der Waals surface area contributed by atoms with Crippen molar-refractivity contribution in [2.45, 2.75) is 44.8 Å². The normalized spacial score (nSPS) is 24.6. The molecule has 16 heavy (non-hydrogen) atoms. The number of hydrogen-bond acceptors (Lipinski definition) is 2. The number of rotatable bonds is 2. The highest BCUT2D eigenvalue weighted by atomic mass is 35.5. The van der Waals surface area contributed by atoms with Crippen molar-refractivity contribution in [3.05, 3.63) is 29.8 Å². The van der Waals surface area contributed by atoms with E-state index >= 15 is 0 Å². The number of halogens is 1. The molecule has 1 aromatic carbocycles. The second-order valence-electron chi connectivity index (χ2n) is 4.37. The smallest absolute Gasteiger partial charge is 0.122 e. The van der Waals surface area contributed by atoms with E-state index in [0.717, 1.165) is 18.6 Å². The highest BCUT2D eigenvalue weighted by molar-refractivity contribution is 5.85. The van der Waals surface area contributed by atoms with Crippen molar-refractivity contribution in [3.63, 3.8) is 0 Å². The van der Waals surface area contributed by atoms with E-state index in [-0.39, 0.29) is 24.6 Å². The Morgan fingerprint density at radius 1 is 1.19 bits per heavy atom. The van der Waals surface area contributed by atoms with Gasteiger partial charge in [-0.2, -0.15) is 0 Å². The number of ether oxygens (including phenoxy) is 1. The third-order valence-electron chi connectivity index (χ3n) is 3.13. The SMILES string of the molecule is Cc1ccccc1OC1CCCCC1N.Cl. The van der Waals surface area contributed by atoms with Gasteiger partial charge in [0.2, 0.25) is 0 Å². The fourth-order valence-electron chi connectivity index (χ4n) is 2.12. The largest absolute Gasteiger partial charge is 0.489 e. The molecule has 2 nitrogen and oxygen atoms in total. The number of hydrogen-bond donors (Lipinski definition) is 1. The first kappa shape index (κ1) is 13.3. The van der Waals surface area contributed by atoms with Crippen molar-refractivity contribution in [2.24, 2.45) is 5.73 Å². The molecule has 0 spiro atoms. The van der Waals surface area contributed by atoms with E-state index in [9.17, 15) is 0 Å². The van der Waals surface area contributed by atoms with Crippen molar-refractivity contribution >= 4 is 12.4 Å². The Kier molecular flexibility index (Phi) is 5.10. The number of aryl methyl sites for hydroxylation is 1. The molecule has 0 saturated heterocycles. The maximum atomic E-state index is 6.05. The van der Waals surface area contributed by atoms with Crippen LogP contribution in [0.25, 0.3) is 0 Å². The molecule has 1 aliphatic carbocycles. The molecule has 2 rings (SSSR count). The van der Waals surface area contributed by atoms with Crippen molar-refractivity contribution < 1.29 is 4.74 Å². The van der Waals surface area contributed by atoms with Crippen LogP contribution in [0.2, 0.25) is 0 Å². The standard InChI is InChI=1S/C13H19NO.ClH/c1-10-6-2-4-8-12(10)15-13-9-5-3-7-11(13)14;/h2,4,6,8,11,13H,3,5,7,9,14H2,1H3;1H. The van der Waals surface area contributed by atoms with Gasteiger partial charge in [0.15, 0.2) is 0 Å². The third kappa shape index (κ3) is 3.13. The number of benzene rings is 1. The highest BCUT2D eigenvalue weighted by Gasteiger charge is 2.23. The van der Waals surface area contributed by atoms with E-state index in [0.29, 0.717) is 0 Å². The lowest BCUT2D eigenvalue weighted by Crippen LogP contribution is -2.41. The van der Waals surface area contributed by atoms with E-state index in [1.165, 1.54) is 18.4 Å². The minimum atomic E-state index is 0. The molecule has 0 radical (unpaired) electrons. The van der Waals surface area contributed by atoms with Crippen LogP contribution in [0.15, 0.2) is 24.3 Å². The molecule has 1 saturated carbocycles. The Hall–Kier alpha value is -0.730. The molecule has 0 aromatic heterocycles. The quantitative estimate of drug-likeness (QED) is 0.864. The maximum absolute atomic E-state index is 6.05. The summed E-state index contributed by atoms with van der Waals surface area (Å²) in [4.78, 5) is 0. The fraction of sp³-hybridized carbons (Fsp3) is 0.538. The molecule has 1 fully saturated rings. The monoisotopic (exact) mass is 241 g/mol. The van der Waals surface area contributed by atoms with Gasteiger partial charge in [0, 0.05) is 6.04 Å². The number of para-hydroxylation sites is 1. The van der Waals surface area contributed by atoms with Gasteiger partial charge in [-0.3, -0.25) is 0 Å². The van der Waals surface area contributed by atoms with Crippen LogP contribution in [0.3, 0.4) is 0 Å². The van der Waals surface area contributed by atoms with Crippen molar-refractivity contribution in [2.75, 3.05) is 0 Å². The zero-order valence-corrected chi connectivity index (χ0v) is 10.5. The van der Waals surface area contributed by atoms with Crippen LogP contribution in [0.4, 0.5) is 0 Å². The Labute approximate surface area is 104 Å². The van der Waals surface area contributed by atoms with Gasteiger partial charge in [0.05, 0.1) is 0 Å². The van der Waals surface area contributed by atoms with Crippen LogP contribution in [-0.2, 0) is 0 Å². The molecule has 0 amide bonds. The minimum absolute atomic E-state index is 0. The first-order valence-electron chi connectivity index (χ1n) is 5.75. The van der Waals surface area contributed by atoms with Gasteiger partial charge in [-0.1, -0.05) is 24.6 Å². The minimum Gasteiger partial charge on any atom is -0.489 e. The molecular formula is C13H20ClNO. The summed E-state index contributed by atoms with van der Waals surface area (Å²) in [6.45, 7) is 2.07. The first-order valence-corrected chi connectivity index (χ1v) is 5.75. The summed E-state index contributed by atoms with van der Waals surface area (Å²) in [7, 11) is 0. The summed E-state index contributed by atoms with van der Waals surface area (Å²) >= 11 is 0. The van der Waals surface area contributed by atoms with Crippen LogP contribution in [-0.4, -0.2) is 12.1 Å². The zero-order chi connectivity index (χ0) is 10.7. The molecule has 0 heterocycles. The summed E-state index contributed by atoms with van der Waals surface area (Å²) in [5, 5.41) is 0. The van der Waals surface area contributed by atoms with E-state index in [2.05, 4.69) is 13.0 Å². The van der Waals surface area contributed by atoms with E-state index < -0.39 is 0 Å². The molecular weight excluding hydrogens is 222 g/mol. The van der Waals surface area contributed by atoms with E-state index in [1.807, 2.05) is 18.2 Å². The average Bonchev–Trinajstić information content (AvgIpc) is 2.24. The summed E-state index contributed by atoms with van der Waals surface area (Å²) in [5.41, 5.74) is 7.24. The first-order chi connectivity index (χ1) is 7.27. The van der Waals surface area contributed by atoms with Gasteiger partial charge < -0.3 is 10.5 Å². The molecule has 1 aliphatic rings. The topological polar surface area (TPSA) is 35.2 Å². The van der Waals surface area contributed by atoms with Crippen molar-refractivity contribution in [1.82, 2.24) is 0 Å². The Morgan fingerprint density at radius 2 is 1.88 bits per heavy atom. The number of nitrogens with two attached hydrogens (primary N) is 1. The third-order valence-corrected chi connectivity index (χ3v) is 3.13. The molecule has 3 heteroatoms. The molecule has 90 valence electrons. The maximum Gasteiger partial charge on any atom is 0.122 e. The van der Waals surface area contributed by atoms with Gasteiger partial charge in [0.1, 0.15) is 11.9 Å². The van der Waals surface area contributed by atoms with Gasteiger partial charge in [0.25, 0.3) is 0 Å². The van der Waals surface area contributed by atoms with Crippen LogP contribution in [0.5, 0.6) is 5.75 Å². The molecule has 2 atom stereocenters. The predicted molar refractivity (Wildman–Crippen MR) is 69.3 cm³/mol. The summed E-state index contributed by atoms with van der Waals surface area (Å²) in [6.07, 6.45) is 4.88. The van der Waals surface area contributed by atoms with Gasteiger partial charge in [-0.05, 0) is 37.8 Å². The molecule has 0 bridgehead atoms. The molecule has 0 aliphatic heterocycles. The van der Waals surface area contributed by atoms with Gasteiger partial charge in [-0.25, -0.2) is 0 Å².